The molecule has 74 valence electrons. The molecule has 1 rings (SSSR count). The van der Waals surface area contributed by atoms with E-state index in [4.69, 9.17) is 10.8 Å². The van der Waals surface area contributed by atoms with Crippen LogP contribution in [0.15, 0.2) is 30.9 Å². The summed E-state index contributed by atoms with van der Waals surface area (Å²) in [6, 6.07) is 4.75. The minimum atomic E-state index is -0.957. The minimum absolute atomic E-state index is 0.248. The van der Waals surface area contributed by atoms with Gasteiger partial charge < -0.3 is 10.8 Å². The van der Waals surface area contributed by atoms with Crippen molar-refractivity contribution in [2.45, 2.75) is 13.0 Å². The lowest BCUT2D eigenvalue weighted by Gasteiger charge is -2.10. The maximum atomic E-state index is 10.9. The fourth-order valence-corrected chi connectivity index (χ4v) is 1.27. The van der Waals surface area contributed by atoms with E-state index < -0.39 is 12.0 Å². The maximum Gasteiger partial charge on any atom is 0.336 e. The number of carboxylic acid groups (broad SMARTS) is 1. The Morgan fingerprint density at radius 1 is 1.64 bits per heavy atom. The van der Waals surface area contributed by atoms with Gasteiger partial charge in [0.05, 0.1) is 5.56 Å². The third kappa shape index (κ3) is 2.00. The third-order valence-electron chi connectivity index (χ3n) is 2.05. The van der Waals surface area contributed by atoms with Gasteiger partial charge in [0.1, 0.15) is 0 Å². The van der Waals surface area contributed by atoms with Crippen molar-refractivity contribution in [1.29, 1.82) is 0 Å². The number of nitrogens with two attached hydrogens (primary N) is 1. The highest BCUT2D eigenvalue weighted by molar-refractivity contribution is 5.90. The smallest absolute Gasteiger partial charge is 0.336 e. The number of hydrogen-bond donors (Lipinski definition) is 2. The van der Waals surface area contributed by atoms with E-state index in [2.05, 4.69) is 6.58 Å². The van der Waals surface area contributed by atoms with Crippen molar-refractivity contribution in [3.63, 3.8) is 0 Å². The van der Waals surface area contributed by atoms with Crippen LogP contribution >= 0.6 is 0 Å². The summed E-state index contributed by atoms with van der Waals surface area (Å²) in [4.78, 5) is 10.9. The van der Waals surface area contributed by atoms with Crippen molar-refractivity contribution >= 4 is 5.97 Å². The molecule has 1 unspecified atom stereocenters. The molecule has 0 saturated heterocycles. The number of aryl methyl sites for hydroxylation is 1. The summed E-state index contributed by atoms with van der Waals surface area (Å²) < 4.78 is 0. The van der Waals surface area contributed by atoms with E-state index in [0.717, 1.165) is 5.56 Å². The fourth-order valence-electron chi connectivity index (χ4n) is 1.27. The molecule has 0 fully saturated rings. The number of rotatable bonds is 3. The summed E-state index contributed by atoms with van der Waals surface area (Å²) >= 11 is 0. The van der Waals surface area contributed by atoms with E-state index in [1.807, 2.05) is 13.0 Å². The van der Waals surface area contributed by atoms with Crippen LogP contribution in [0.4, 0.5) is 0 Å². The van der Waals surface area contributed by atoms with Crippen LogP contribution in [0.5, 0.6) is 0 Å². The van der Waals surface area contributed by atoms with Gasteiger partial charge in [-0.25, -0.2) is 4.79 Å². The quantitative estimate of drug-likeness (QED) is 0.717. The number of carboxylic acids is 1. The zero-order valence-electron chi connectivity index (χ0n) is 8.03. The van der Waals surface area contributed by atoms with Crippen molar-refractivity contribution in [3.8, 4) is 0 Å². The van der Waals surface area contributed by atoms with Gasteiger partial charge in [-0.15, -0.1) is 6.58 Å². The van der Waals surface area contributed by atoms with E-state index in [0.29, 0.717) is 5.56 Å². The van der Waals surface area contributed by atoms with Crippen molar-refractivity contribution in [1.82, 2.24) is 0 Å². The van der Waals surface area contributed by atoms with Crippen molar-refractivity contribution in [3.05, 3.63) is 47.5 Å². The molecule has 1 aromatic carbocycles. The molecule has 0 bridgehead atoms. The second-order valence-corrected chi connectivity index (χ2v) is 3.16. The van der Waals surface area contributed by atoms with E-state index in [-0.39, 0.29) is 5.56 Å². The Balaban J connectivity index is 3.28. The normalized spacial score (nSPS) is 12.1. The predicted octanol–water partition coefficient (Wildman–Crippen LogP) is 1.88. The Kier molecular flexibility index (Phi) is 3.04. The average Bonchev–Trinajstić information content (AvgIpc) is 2.16. The van der Waals surface area contributed by atoms with Crippen molar-refractivity contribution in [2.24, 2.45) is 5.73 Å². The highest BCUT2D eigenvalue weighted by atomic mass is 16.4. The second kappa shape index (κ2) is 4.07. The largest absolute Gasteiger partial charge is 0.478 e. The minimum Gasteiger partial charge on any atom is -0.478 e. The SMILES string of the molecule is C=CC(N)c1ccc(C)cc1C(=O)O. The molecule has 3 heteroatoms. The average molecular weight is 191 g/mol. The number of aromatic carboxylic acids is 1. The Morgan fingerprint density at radius 3 is 2.79 bits per heavy atom. The third-order valence-corrected chi connectivity index (χ3v) is 2.05. The van der Waals surface area contributed by atoms with Crippen LogP contribution in [-0.4, -0.2) is 11.1 Å². The zero-order chi connectivity index (χ0) is 10.7. The van der Waals surface area contributed by atoms with E-state index in [9.17, 15) is 4.79 Å². The molecule has 3 N–H and O–H groups in total. The summed E-state index contributed by atoms with van der Waals surface area (Å²) in [6.07, 6.45) is 1.52. The molecule has 0 heterocycles. The van der Waals surface area contributed by atoms with Crippen LogP contribution < -0.4 is 5.73 Å². The van der Waals surface area contributed by atoms with Crippen LogP contribution in [0.25, 0.3) is 0 Å². The molecule has 0 aliphatic heterocycles. The van der Waals surface area contributed by atoms with Crippen LogP contribution in [0.1, 0.15) is 27.5 Å². The number of benzene rings is 1. The summed E-state index contributed by atoms with van der Waals surface area (Å²) in [5.41, 5.74) is 7.45. The van der Waals surface area contributed by atoms with Gasteiger partial charge in [0, 0.05) is 6.04 Å². The lowest BCUT2D eigenvalue weighted by atomic mass is 9.99. The van der Waals surface area contributed by atoms with Crippen molar-refractivity contribution in [2.75, 3.05) is 0 Å². The Bertz CT molecular complexity index is 372. The van der Waals surface area contributed by atoms with Gasteiger partial charge >= 0.3 is 5.97 Å². The lowest BCUT2D eigenvalue weighted by Crippen LogP contribution is -2.12. The molecule has 14 heavy (non-hydrogen) atoms. The van der Waals surface area contributed by atoms with E-state index in [1.165, 1.54) is 6.08 Å². The monoisotopic (exact) mass is 191 g/mol. The summed E-state index contributed by atoms with van der Waals surface area (Å²) in [5, 5.41) is 8.94. The predicted molar refractivity (Wildman–Crippen MR) is 55.3 cm³/mol. The lowest BCUT2D eigenvalue weighted by molar-refractivity contribution is 0.0695. The Labute approximate surface area is 82.9 Å². The standard InChI is InChI=1S/C11H13NO2/c1-3-10(12)8-5-4-7(2)6-9(8)11(13)14/h3-6,10H,1,12H2,2H3,(H,13,14). The highest BCUT2D eigenvalue weighted by Gasteiger charge is 2.13. The maximum absolute atomic E-state index is 10.9. The first kappa shape index (κ1) is 10.5. The van der Waals surface area contributed by atoms with Gasteiger partial charge in [-0.2, -0.15) is 0 Å². The van der Waals surface area contributed by atoms with E-state index >= 15 is 0 Å². The summed E-state index contributed by atoms with van der Waals surface area (Å²) in [7, 11) is 0. The van der Waals surface area contributed by atoms with Gasteiger partial charge in [-0.05, 0) is 18.6 Å². The summed E-state index contributed by atoms with van der Waals surface area (Å²) in [5.74, 6) is -0.957. The summed E-state index contributed by atoms with van der Waals surface area (Å²) in [6.45, 7) is 5.38. The highest BCUT2D eigenvalue weighted by Crippen LogP contribution is 2.18. The molecule has 1 aromatic rings. The van der Waals surface area contributed by atoms with Crippen LogP contribution in [0.3, 0.4) is 0 Å². The van der Waals surface area contributed by atoms with Gasteiger partial charge in [-0.1, -0.05) is 23.8 Å². The van der Waals surface area contributed by atoms with Crippen LogP contribution in [-0.2, 0) is 0 Å². The molecular formula is C11H13NO2. The van der Waals surface area contributed by atoms with Crippen LogP contribution in [0.2, 0.25) is 0 Å². The molecule has 0 aromatic heterocycles. The molecule has 0 saturated carbocycles. The first-order chi connectivity index (χ1) is 6.56. The first-order valence-electron chi connectivity index (χ1n) is 4.28. The molecule has 0 aliphatic carbocycles. The zero-order valence-corrected chi connectivity index (χ0v) is 8.03. The number of carbonyl (C=O) groups is 1. The molecule has 0 radical (unpaired) electrons. The molecular weight excluding hydrogens is 178 g/mol. The first-order valence-corrected chi connectivity index (χ1v) is 4.28. The topological polar surface area (TPSA) is 63.3 Å². The molecule has 1 atom stereocenters. The Morgan fingerprint density at radius 2 is 2.29 bits per heavy atom. The van der Waals surface area contributed by atoms with Gasteiger partial charge in [0.2, 0.25) is 0 Å². The molecule has 0 spiro atoms. The van der Waals surface area contributed by atoms with Crippen molar-refractivity contribution < 1.29 is 9.90 Å². The van der Waals surface area contributed by atoms with Gasteiger partial charge in [0.25, 0.3) is 0 Å². The fraction of sp³-hybridized carbons (Fsp3) is 0.182. The molecule has 0 aliphatic rings. The Hall–Kier alpha value is -1.61. The van der Waals surface area contributed by atoms with Gasteiger partial charge in [0.15, 0.2) is 0 Å². The molecule has 3 nitrogen and oxygen atoms in total. The second-order valence-electron chi connectivity index (χ2n) is 3.16. The van der Waals surface area contributed by atoms with E-state index in [1.54, 1.807) is 12.1 Å². The number of hydrogen-bond acceptors (Lipinski definition) is 2. The van der Waals surface area contributed by atoms with Gasteiger partial charge in [-0.3, -0.25) is 0 Å². The van der Waals surface area contributed by atoms with Crippen LogP contribution in [0, 0.1) is 6.92 Å². The molecule has 0 amide bonds.